The number of benzene rings is 2. The Morgan fingerprint density at radius 2 is 1.64 bits per heavy atom. The number of amides is 1. The van der Waals surface area contributed by atoms with E-state index in [0.29, 0.717) is 12.6 Å². The smallest absolute Gasteiger partial charge is 0.356 e. The van der Waals surface area contributed by atoms with Gasteiger partial charge in [0.25, 0.3) is 0 Å². The molecule has 3 nitrogen and oxygen atoms in total. The molecule has 0 radical (unpaired) electrons. The number of nitriles is 1. The molecule has 0 saturated heterocycles. The summed E-state index contributed by atoms with van der Waals surface area (Å²) in [5, 5.41) is 9.42. The van der Waals surface area contributed by atoms with Gasteiger partial charge in [-0.2, -0.15) is 17.7 Å². The number of carbonyl (C=O) groups is 1. The second-order valence-corrected chi connectivity index (χ2v) is 4.73. The van der Waals surface area contributed by atoms with Crippen molar-refractivity contribution in [2.45, 2.75) is 13.3 Å². The Morgan fingerprint density at radius 1 is 1.09 bits per heavy atom. The molecule has 2 aromatic rings. The van der Waals surface area contributed by atoms with Gasteiger partial charge in [-0.15, -0.1) is 12.1 Å². The first-order valence-electron chi connectivity index (χ1n) is 6.87. The molecule has 0 aromatic heterocycles. The SMILES string of the molecule is CC(=O)N(CCc1ccccc1)[C-](C#N)c1ccccc1.[Na+]. The number of carbonyl (C=O) groups excluding carboxylic acids is 1. The van der Waals surface area contributed by atoms with Crippen LogP contribution in [0.3, 0.4) is 0 Å². The van der Waals surface area contributed by atoms with Gasteiger partial charge in [0, 0.05) is 25.6 Å². The van der Waals surface area contributed by atoms with E-state index in [1.165, 1.54) is 6.92 Å². The van der Waals surface area contributed by atoms with Gasteiger partial charge in [0.1, 0.15) is 0 Å². The fourth-order valence-electron chi connectivity index (χ4n) is 2.19. The molecular weight excluding hydrogens is 283 g/mol. The summed E-state index contributed by atoms with van der Waals surface area (Å²) in [7, 11) is 0. The van der Waals surface area contributed by atoms with Gasteiger partial charge in [0.2, 0.25) is 5.91 Å². The van der Waals surface area contributed by atoms with Crippen LogP contribution < -0.4 is 29.6 Å². The second-order valence-electron chi connectivity index (χ2n) is 4.73. The third kappa shape index (κ3) is 4.92. The van der Waals surface area contributed by atoms with Crippen molar-refractivity contribution in [3.8, 4) is 6.07 Å². The van der Waals surface area contributed by atoms with E-state index >= 15 is 0 Å². The van der Waals surface area contributed by atoms with Gasteiger partial charge in [-0.1, -0.05) is 36.4 Å². The quantitative estimate of drug-likeness (QED) is 0.584. The average molecular weight is 300 g/mol. The van der Waals surface area contributed by atoms with Crippen LogP contribution in [0.15, 0.2) is 60.7 Å². The van der Waals surface area contributed by atoms with Crippen LogP contribution in [-0.2, 0) is 11.2 Å². The standard InChI is InChI=1S/C18H17N2O.Na/c1-15(21)20(13-12-16-8-4-2-5-9-16)18(14-19)17-10-6-3-7-11-17;/h2-11H,12-13H2,1H3;/q-1;+1. The minimum Gasteiger partial charge on any atom is -0.356 e. The molecule has 0 saturated carbocycles. The third-order valence-corrected chi connectivity index (χ3v) is 3.27. The number of hydrogen-bond donors (Lipinski definition) is 0. The molecule has 0 N–H and O–H groups in total. The van der Waals surface area contributed by atoms with Gasteiger partial charge < -0.3 is 4.90 Å². The van der Waals surface area contributed by atoms with E-state index in [2.05, 4.69) is 6.07 Å². The van der Waals surface area contributed by atoms with Crippen LogP contribution in [0.4, 0.5) is 0 Å². The van der Waals surface area contributed by atoms with Gasteiger partial charge in [-0.3, -0.25) is 4.79 Å². The number of rotatable bonds is 5. The maximum atomic E-state index is 11.9. The van der Waals surface area contributed by atoms with Crippen LogP contribution in [0, 0.1) is 17.4 Å². The molecule has 0 fully saturated rings. The topological polar surface area (TPSA) is 44.1 Å². The van der Waals surface area contributed by atoms with Crippen LogP contribution in [0.5, 0.6) is 0 Å². The van der Waals surface area contributed by atoms with Gasteiger partial charge in [0.15, 0.2) is 0 Å². The second kappa shape index (κ2) is 9.32. The van der Waals surface area contributed by atoms with Crippen molar-refractivity contribution in [2.24, 2.45) is 0 Å². The van der Waals surface area contributed by atoms with Crippen molar-refractivity contribution in [3.63, 3.8) is 0 Å². The minimum absolute atomic E-state index is 0. The number of hydrogen-bond acceptors (Lipinski definition) is 2. The zero-order chi connectivity index (χ0) is 15.1. The zero-order valence-corrected chi connectivity index (χ0v) is 15.0. The molecule has 0 aliphatic heterocycles. The Morgan fingerprint density at radius 3 is 2.14 bits per heavy atom. The summed E-state index contributed by atoms with van der Waals surface area (Å²) in [6.45, 7) is 1.99. The molecule has 0 spiro atoms. The van der Waals surface area contributed by atoms with Crippen molar-refractivity contribution >= 4 is 5.91 Å². The van der Waals surface area contributed by atoms with E-state index in [1.807, 2.05) is 60.7 Å². The molecule has 0 atom stereocenters. The van der Waals surface area contributed by atoms with E-state index in [1.54, 1.807) is 4.90 Å². The average Bonchev–Trinajstić information content (AvgIpc) is 2.53. The van der Waals surface area contributed by atoms with Crippen molar-refractivity contribution in [1.29, 1.82) is 5.26 Å². The van der Waals surface area contributed by atoms with E-state index in [-0.39, 0.29) is 35.5 Å². The summed E-state index contributed by atoms with van der Waals surface area (Å²) in [5.74, 6) is -0.119. The maximum Gasteiger partial charge on any atom is 1.00 e. The maximum absolute atomic E-state index is 11.9. The Balaban J connectivity index is 0.00000242. The van der Waals surface area contributed by atoms with Crippen molar-refractivity contribution in [1.82, 2.24) is 4.90 Å². The molecule has 0 aliphatic carbocycles. The van der Waals surface area contributed by atoms with Crippen LogP contribution in [0.1, 0.15) is 18.1 Å². The van der Waals surface area contributed by atoms with E-state index in [9.17, 15) is 10.1 Å². The van der Waals surface area contributed by atoms with E-state index < -0.39 is 0 Å². The zero-order valence-electron chi connectivity index (χ0n) is 13.0. The largest absolute Gasteiger partial charge is 1.00 e. The third-order valence-electron chi connectivity index (χ3n) is 3.27. The van der Waals surface area contributed by atoms with Crippen LogP contribution in [0.25, 0.3) is 0 Å². The summed E-state index contributed by atoms with van der Waals surface area (Å²) < 4.78 is 0. The van der Waals surface area contributed by atoms with Crippen LogP contribution >= 0.6 is 0 Å². The monoisotopic (exact) mass is 300 g/mol. The molecule has 0 unspecified atom stereocenters. The Kier molecular flexibility index (Phi) is 7.76. The van der Waals surface area contributed by atoms with Crippen LogP contribution in [-0.4, -0.2) is 17.4 Å². The van der Waals surface area contributed by atoms with Crippen molar-refractivity contribution < 1.29 is 34.4 Å². The molecule has 106 valence electrons. The fraction of sp³-hybridized carbons (Fsp3) is 0.167. The molecule has 0 bridgehead atoms. The van der Waals surface area contributed by atoms with Gasteiger partial charge >= 0.3 is 29.6 Å². The Labute approximate surface area is 153 Å². The molecule has 1 amide bonds. The van der Waals surface area contributed by atoms with Crippen molar-refractivity contribution in [3.05, 3.63) is 77.8 Å². The fourth-order valence-corrected chi connectivity index (χ4v) is 2.19. The normalized spacial score (nSPS) is 9.27. The Bertz CT molecular complexity index is 623. The first-order chi connectivity index (χ1) is 10.2. The molecule has 2 rings (SSSR count). The Hall–Kier alpha value is -1.73. The molecule has 2 aromatic carbocycles. The molecule has 0 heterocycles. The first-order valence-corrected chi connectivity index (χ1v) is 6.87. The van der Waals surface area contributed by atoms with E-state index in [4.69, 9.17) is 0 Å². The summed E-state index contributed by atoms with van der Waals surface area (Å²) in [4.78, 5) is 13.4. The summed E-state index contributed by atoms with van der Waals surface area (Å²) >= 11 is 0. The molecule has 4 heteroatoms. The van der Waals surface area contributed by atoms with Crippen LogP contribution in [0.2, 0.25) is 0 Å². The molecule has 0 aliphatic rings. The predicted octanol–water partition coefficient (Wildman–Crippen LogP) is 0.185. The van der Waals surface area contributed by atoms with Gasteiger partial charge in [-0.25, -0.2) is 5.26 Å². The summed E-state index contributed by atoms with van der Waals surface area (Å²) in [6, 6.07) is 21.8. The molecule has 22 heavy (non-hydrogen) atoms. The van der Waals surface area contributed by atoms with E-state index in [0.717, 1.165) is 17.5 Å². The van der Waals surface area contributed by atoms with Crippen molar-refractivity contribution in [2.75, 3.05) is 6.54 Å². The predicted molar refractivity (Wildman–Crippen MR) is 81.9 cm³/mol. The van der Waals surface area contributed by atoms with Gasteiger partial charge in [-0.05, 0) is 12.0 Å². The summed E-state index contributed by atoms with van der Waals surface area (Å²) in [6.07, 6.45) is 0.721. The minimum atomic E-state index is -0.119. The summed E-state index contributed by atoms with van der Waals surface area (Å²) in [5.41, 5.74) is 1.91. The first kappa shape index (κ1) is 18.3. The molecular formula is C18H17N2NaO. The number of nitrogens with zero attached hydrogens (tertiary/aromatic N) is 2. The van der Waals surface area contributed by atoms with Gasteiger partial charge in [0.05, 0.1) is 0 Å².